The van der Waals surface area contributed by atoms with Crippen molar-refractivity contribution in [1.82, 2.24) is 30.4 Å². The molecule has 3 heterocycles. The maximum Gasteiger partial charge on any atom is 0.315 e. The van der Waals surface area contributed by atoms with E-state index in [0.29, 0.717) is 33.7 Å². The van der Waals surface area contributed by atoms with Crippen LogP contribution in [-0.2, 0) is 12.0 Å². The fourth-order valence-corrected chi connectivity index (χ4v) is 4.01. The average Bonchev–Trinajstić information content (AvgIpc) is 3.55. The number of aromatic nitrogens is 5. The number of imidazole rings is 1. The predicted octanol–water partition coefficient (Wildman–Crippen LogP) is 5.26. The van der Waals surface area contributed by atoms with Gasteiger partial charge < -0.3 is 14.8 Å². The molecule has 5 rings (SSSR count). The summed E-state index contributed by atoms with van der Waals surface area (Å²) in [5.41, 5.74) is 2.95. The number of amides is 1. The van der Waals surface area contributed by atoms with Gasteiger partial charge in [-0.05, 0) is 36.2 Å². The summed E-state index contributed by atoms with van der Waals surface area (Å²) >= 11 is 0. The number of hydrogen-bond acceptors (Lipinski definition) is 8. The lowest BCUT2D eigenvalue weighted by atomic mass is 9.96. The van der Waals surface area contributed by atoms with Crippen molar-refractivity contribution in [2.24, 2.45) is 0 Å². The highest BCUT2D eigenvalue weighted by atomic mass is 19.1. The number of aryl methyl sites for hydroxylation is 1. The lowest BCUT2D eigenvalue weighted by Gasteiger charge is -2.10. The zero-order chi connectivity index (χ0) is 27.9. The van der Waals surface area contributed by atoms with Gasteiger partial charge in [-0.1, -0.05) is 44.1 Å². The highest BCUT2D eigenvalue weighted by Gasteiger charge is 2.24. The van der Waals surface area contributed by atoms with E-state index in [9.17, 15) is 14.9 Å². The molecule has 3 aromatic heterocycles. The minimum absolute atomic E-state index is 0.0881. The number of aromatic amines is 1. The van der Waals surface area contributed by atoms with E-state index in [-0.39, 0.29) is 34.9 Å². The van der Waals surface area contributed by atoms with Crippen molar-refractivity contribution in [3.63, 3.8) is 0 Å². The van der Waals surface area contributed by atoms with Gasteiger partial charge >= 0.3 is 11.8 Å². The van der Waals surface area contributed by atoms with Crippen LogP contribution in [-0.4, -0.2) is 35.9 Å². The zero-order valence-electron chi connectivity index (χ0n) is 21.6. The Labute approximate surface area is 221 Å². The third kappa shape index (κ3) is 5.08. The second-order valence-electron chi connectivity index (χ2n) is 10.1. The van der Waals surface area contributed by atoms with Crippen molar-refractivity contribution < 1.29 is 18.6 Å². The first kappa shape index (κ1) is 25.6. The van der Waals surface area contributed by atoms with Gasteiger partial charge in [-0.15, -0.1) is 0 Å². The van der Waals surface area contributed by atoms with Crippen molar-refractivity contribution in [3.05, 3.63) is 87.4 Å². The van der Waals surface area contributed by atoms with Gasteiger partial charge in [-0.2, -0.15) is 4.98 Å². The van der Waals surface area contributed by atoms with Gasteiger partial charge in [-0.3, -0.25) is 14.9 Å². The first-order valence-electron chi connectivity index (χ1n) is 12.0. The van der Waals surface area contributed by atoms with E-state index in [1.54, 1.807) is 30.3 Å². The van der Waals surface area contributed by atoms with Crippen LogP contribution in [0.25, 0.3) is 33.7 Å². The Morgan fingerprint density at radius 1 is 1.13 bits per heavy atom. The Morgan fingerprint density at radius 3 is 2.62 bits per heavy atom. The molecule has 12 heteroatoms. The Morgan fingerprint density at radius 2 is 1.92 bits per heavy atom. The number of nitro benzene ring substituents is 1. The van der Waals surface area contributed by atoms with Crippen molar-refractivity contribution in [2.45, 2.75) is 39.7 Å². The van der Waals surface area contributed by atoms with Gasteiger partial charge in [0.05, 0.1) is 16.0 Å². The van der Waals surface area contributed by atoms with E-state index >= 15 is 4.39 Å². The Hall–Kier alpha value is -5.00. The Bertz CT molecular complexity index is 1740. The third-order valence-electron chi connectivity index (χ3n) is 6.09. The topological polar surface area (TPSA) is 153 Å². The standard InChI is InChI=1S/C27H24FN7O4/c1-14-5-8-20(35(37)38)18(11-14)22-31-21-17(9-10-29-23(21)32-22)15-6-7-16(19(28)12-15)13-30-24(36)25-33-26(34-39-25)27(2,3)4/h5-12H,13H2,1-4H3,(H,30,36)(H,29,31,32). The van der Waals surface area contributed by atoms with Crippen LogP contribution in [0.2, 0.25) is 0 Å². The molecule has 0 atom stereocenters. The quantitative estimate of drug-likeness (QED) is 0.223. The molecule has 198 valence electrons. The monoisotopic (exact) mass is 529 g/mol. The van der Waals surface area contributed by atoms with E-state index in [0.717, 1.165) is 5.56 Å². The number of benzene rings is 2. The fraction of sp³-hybridized carbons (Fsp3) is 0.222. The number of nitro groups is 1. The maximum atomic E-state index is 15.1. The van der Waals surface area contributed by atoms with Crippen LogP contribution in [0.5, 0.6) is 0 Å². The van der Waals surface area contributed by atoms with Crippen LogP contribution in [0.15, 0.2) is 53.2 Å². The molecule has 0 spiro atoms. The van der Waals surface area contributed by atoms with Crippen LogP contribution in [0.3, 0.4) is 0 Å². The number of fused-ring (bicyclic) bond motifs is 1. The zero-order valence-corrected chi connectivity index (χ0v) is 21.6. The number of pyridine rings is 1. The number of nitrogens with zero attached hydrogens (tertiary/aromatic N) is 5. The molecule has 1 amide bonds. The summed E-state index contributed by atoms with van der Waals surface area (Å²) in [4.78, 5) is 39.5. The second kappa shape index (κ2) is 9.71. The van der Waals surface area contributed by atoms with Crippen LogP contribution in [0.1, 0.15) is 48.4 Å². The normalized spacial score (nSPS) is 11.6. The Balaban J connectivity index is 1.40. The summed E-state index contributed by atoms with van der Waals surface area (Å²) in [5, 5.41) is 18.0. The SMILES string of the molecule is Cc1ccc([N+](=O)[O-])c(-c2nc3nccc(-c4ccc(CNC(=O)c5nc(C(C)(C)C)no5)c(F)c4)c3[nH]2)c1. The second-order valence-corrected chi connectivity index (χ2v) is 10.1. The predicted molar refractivity (Wildman–Crippen MR) is 140 cm³/mol. The van der Waals surface area contributed by atoms with Crippen molar-refractivity contribution in [2.75, 3.05) is 0 Å². The molecule has 0 aliphatic heterocycles. The molecule has 39 heavy (non-hydrogen) atoms. The lowest BCUT2D eigenvalue weighted by Crippen LogP contribution is -2.24. The summed E-state index contributed by atoms with van der Waals surface area (Å²) < 4.78 is 20.1. The third-order valence-corrected chi connectivity index (χ3v) is 6.09. The minimum atomic E-state index is -0.604. The maximum absolute atomic E-state index is 15.1. The van der Waals surface area contributed by atoms with E-state index in [1.165, 1.54) is 18.3 Å². The largest absolute Gasteiger partial charge is 0.344 e. The van der Waals surface area contributed by atoms with Gasteiger partial charge in [0, 0.05) is 35.3 Å². The molecular weight excluding hydrogens is 505 g/mol. The van der Waals surface area contributed by atoms with Gasteiger partial charge in [0.2, 0.25) is 0 Å². The number of halogens is 1. The fourth-order valence-electron chi connectivity index (χ4n) is 4.01. The van der Waals surface area contributed by atoms with E-state index in [2.05, 4.69) is 30.4 Å². The molecule has 5 aromatic rings. The van der Waals surface area contributed by atoms with Gasteiger partial charge in [0.15, 0.2) is 11.5 Å². The number of rotatable bonds is 6. The van der Waals surface area contributed by atoms with E-state index in [1.807, 2.05) is 27.7 Å². The molecule has 2 aromatic carbocycles. The average molecular weight is 530 g/mol. The van der Waals surface area contributed by atoms with Crippen molar-refractivity contribution >= 4 is 22.8 Å². The minimum Gasteiger partial charge on any atom is -0.344 e. The summed E-state index contributed by atoms with van der Waals surface area (Å²) in [6.45, 7) is 7.42. The molecule has 0 bridgehead atoms. The van der Waals surface area contributed by atoms with Crippen molar-refractivity contribution in [1.29, 1.82) is 0 Å². The van der Waals surface area contributed by atoms with E-state index in [4.69, 9.17) is 4.52 Å². The number of hydrogen-bond donors (Lipinski definition) is 2. The summed E-state index contributed by atoms with van der Waals surface area (Å²) in [6.07, 6.45) is 1.54. The molecule has 0 radical (unpaired) electrons. The highest BCUT2D eigenvalue weighted by Crippen LogP contribution is 2.33. The molecule has 0 saturated heterocycles. The first-order chi connectivity index (χ1) is 18.5. The summed E-state index contributed by atoms with van der Waals surface area (Å²) in [5.74, 6) is -0.651. The Kier molecular flexibility index (Phi) is 6.38. The highest BCUT2D eigenvalue weighted by molar-refractivity contribution is 5.92. The lowest BCUT2D eigenvalue weighted by molar-refractivity contribution is -0.384. The van der Waals surface area contributed by atoms with Crippen LogP contribution in [0.4, 0.5) is 10.1 Å². The van der Waals surface area contributed by atoms with Gasteiger partial charge in [0.1, 0.15) is 11.6 Å². The molecule has 0 saturated carbocycles. The van der Waals surface area contributed by atoms with Crippen LogP contribution >= 0.6 is 0 Å². The van der Waals surface area contributed by atoms with Gasteiger partial charge in [0.25, 0.3) is 5.69 Å². The molecule has 0 unspecified atom stereocenters. The smallest absolute Gasteiger partial charge is 0.315 e. The molecule has 11 nitrogen and oxygen atoms in total. The number of carbonyl (C=O) groups is 1. The number of H-pyrrole nitrogens is 1. The molecular formula is C27H24FN7O4. The van der Waals surface area contributed by atoms with Crippen LogP contribution in [0, 0.1) is 22.9 Å². The van der Waals surface area contributed by atoms with Crippen molar-refractivity contribution in [3.8, 4) is 22.5 Å². The summed E-state index contributed by atoms with van der Waals surface area (Å²) in [7, 11) is 0. The van der Waals surface area contributed by atoms with Crippen LogP contribution < -0.4 is 5.32 Å². The summed E-state index contributed by atoms with van der Waals surface area (Å²) in [6, 6.07) is 11.1. The molecule has 0 aliphatic carbocycles. The van der Waals surface area contributed by atoms with E-state index < -0.39 is 16.6 Å². The van der Waals surface area contributed by atoms with Gasteiger partial charge in [-0.25, -0.2) is 14.4 Å². The number of carbonyl (C=O) groups excluding carboxylic acids is 1. The molecule has 2 N–H and O–H groups in total. The first-order valence-corrected chi connectivity index (χ1v) is 12.0. The number of nitrogens with one attached hydrogen (secondary N) is 2. The molecule has 0 fully saturated rings. The molecule has 0 aliphatic rings.